The number of likely N-dealkylation sites (tertiary alicyclic amines) is 1. The Labute approximate surface area is 134 Å². The molecule has 1 atom stereocenters. The van der Waals surface area contributed by atoms with Crippen molar-refractivity contribution >= 4 is 17.2 Å². The topological polar surface area (TPSA) is 29.3 Å². The molecule has 116 valence electrons. The minimum Gasteiger partial charge on any atom is -0.389 e. The molecule has 0 amide bonds. The molecule has 2 nitrogen and oxygen atoms in total. The predicted molar refractivity (Wildman–Crippen MR) is 94.4 cm³/mol. The van der Waals surface area contributed by atoms with Crippen molar-refractivity contribution in [2.24, 2.45) is 17.1 Å². The van der Waals surface area contributed by atoms with E-state index in [2.05, 4.69) is 43.9 Å². The van der Waals surface area contributed by atoms with E-state index in [4.69, 9.17) is 18.0 Å². The zero-order valence-corrected chi connectivity index (χ0v) is 14.4. The van der Waals surface area contributed by atoms with Crippen LogP contribution in [-0.2, 0) is 6.54 Å². The van der Waals surface area contributed by atoms with Crippen molar-refractivity contribution < 1.29 is 0 Å². The van der Waals surface area contributed by atoms with E-state index in [-0.39, 0.29) is 0 Å². The Bertz CT molecular complexity index is 490. The predicted octanol–water partition coefficient (Wildman–Crippen LogP) is 3.97. The summed E-state index contributed by atoms with van der Waals surface area (Å²) >= 11 is 5.07. The average molecular weight is 305 g/mol. The van der Waals surface area contributed by atoms with Crippen LogP contribution in [0.4, 0.5) is 0 Å². The first-order valence-electron chi connectivity index (χ1n) is 7.97. The van der Waals surface area contributed by atoms with Gasteiger partial charge in [0.1, 0.15) is 4.99 Å². The molecule has 0 saturated carbocycles. The first-order valence-corrected chi connectivity index (χ1v) is 8.38. The Morgan fingerprint density at radius 3 is 2.71 bits per heavy atom. The van der Waals surface area contributed by atoms with Gasteiger partial charge in [-0.25, -0.2) is 0 Å². The van der Waals surface area contributed by atoms with Gasteiger partial charge in [-0.3, -0.25) is 4.90 Å². The maximum atomic E-state index is 5.72. The van der Waals surface area contributed by atoms with Crippen LogP contribution in [0.2, 0.25) is 0 Å². The highest BCUT2D eigenvalue weighted by Crippen LogP contribution is 2.34. The fourth-order valence-electron chi connectivity index (χ4n) is 3.26. The average Bonchev–Trinajstić information content (AvgIpc) is 2.64. The Hall–Kier alpha value is -0.930. The molecule has 2 N–H and O–H groups in total. The highest BCUT2D eigenvalue weighted by atomic mass is 32.1. The van der Waals surface area contributed by atoms with Gasteiger partial charge in [0.25, 0.3) is 0 Å². The molecule has 0 aliphatic carbocycles. The number of hydrogen-bond acceptors (Lipinski definition) is 2. The number of thiocarbonyl (C=S) groups is 1. The zero-order valence-electron chi connectivity index (χ0n) is 13.6. The summed E-state index contributed by atoms with van der Waals surface area (Å²) in [7, 11) is 0. The Morgan fingerprint density at radius 1 is 1.29 bits per heavy atom. The number of nitrogens with zero attached hydrogens (tertiary/aromatic N) is 1. The lowest BCUT2D eigenvalue weighted by atomic mass is 9.77. The van der Waals surface area contributed by atoms with Gasteiger partial charge < -0.3 is 5.73 Å². The summed E-state index contributed by atoms with van der Waals surface area (Å²) in [6.07, 6.45) is 3.96. The van der Waals surface area contributed by atoms with Crippen LogP contribution in [0.5, 0.6) is 0 Å². The number of rotatable bonds is 3. The molecule has 21 heavy (non-hydrogen) atoms. The Kier molecular flexibility index (Phi) is 5.39. The summed E-state index contributed by atoms with van der Waals surface area (Å²) in [5, 5.41) is 0. The molecule has 3 heteroatoms. The van der Waals surface area contributed by atoms with E-state index in [1.165, 1.54) is 37.9 Å². The van der Waals surface area contributed by atoms with E-state index < -0.39 is 0 Å². The third-order valence-corrected chi connectivity index (χ3v) is 4.90. The molecular weight excluding hydrogens is 276 g/mol. The van der Waals surface area contributed by atoms with Gasteiger partial charge in [0.15, 0.2) is 0 Å². The molecule has 2 rings (SSSR count). The third kappa shape index (κ3) is 4.79. The van der Waals surface area contributed by atoms with Gasteiger partial charge in [-0.05, 0) is 55.3 Å². The number of benzene rings is 1. The summed E-state index contributed by atoms with van der Waals surface area (Å²) in [5.41, 5.74) is 8.45. The molecule has 0 spiro atoms. The largest absolute Gasteiger partial charge is 0.389 e. The highest BCUT2D eigenvalue weighted by molar-refractivity contribution is 7.80. The molecule has 1 aliphatic heterocycles. The van der Waals surface area contributed by atoms with Crippen LogP contribution >= 0.6 is 12.2 Å². The Balaban J connectivity index is 1.98. The maximum Gasteiger partial charge on any atom is 0.103 e. The Morgan fingerprint density at radius 2 is 2.05 bits per heavy atom. The van der Waals surface area contributed by atoms with Crippen molar-refractivity contribution in [3.63, 3.8) is 0 Å². The highest BCUT2D eigenvalue weighted by Gasteiger charge is 2.26. The van der Waals surface area contributed by atoms with Gasteiger partial charge in [-0.2, -0.15) is 0 Å². The minimum absolute atomic E-state index is 0.432. The monoisotopic (exact) mass is 304 g/mol. The van der Waals surface area contributed by atoms with E-state index >= 15 is 0 Å². The molecule has 1 saturated heterocycles. The molecule has 0 bridgehead atoms. The summed E-state index contributed by atoms with van der Waals surface area (Å²) < 4.78 is 0. The molecule has 0 radical (unpaired) electrons. The third-order valence-electron chi connectivity index (χ3n) is 4.66. The molecular formula is C18H28N2S. The van der Waals surface area contributed by atoms with E-state index in [0.717, 1.165) is 18.0 Å². The number of hydrogen-bond donors (Lipinski definition) is 1. The quantitative estimate of drug-likeness (QED) is 0.857. The van der Waals surface area contributed by atoms with E-state index in [9.17, 15) is 0 Å². The lowest BCUT2D eigenvalue weighted by Gasteiger charge is -2.29. The summed E-state index contributed by atoms with van der Waals surface area (Å²) in [6.45, 7) is 10.5. The van der Waals surface area contributed by atoms with Gasteiger partial charge >= 0.3 is 0 Å². The smallest absolute Gasteiger partial charge is 0.103 e. The lowest BCUT2D eigenvalue weighted by molar-refractivity contribution is 0.206. The van der Waals surface area contributed by atoms with Gasteiger partial charge in [0.05, 0.1) is 0 Å². The summed E-state index contributed by atoms with van der Waals surface area (Å²) in [4.78, 5) is 3.06. The molecule has 1 aliphatic rings. The first kappa shape index (κ1) is 16.4. The molecule has 1 heterocycles. The van der Waals surface area contributed by atoms with Crippen LogP contribution in [0.3, 0.4) is 0 Å². The second-order valence-corrected chi connectivity index (χ2v) is 7.77. The van der Waals surface area contributed by atoms with Crippen molar-refractivity contribution in [2.75, 3.05) is 13.1 Å². The van der Waals surface area contributed by atoms with Crippen molar-refractivity contribution in [1.29, 1.82) is 0 Å². The molecule has 1 unspecified atom stereocenters. The van der Waals surface area contributed by atoms with Crippen molar-refractivity contribution in [3.8, 4) is 0 Å². The van der Waals surface area contributed by atoms with Crippen molar-refractivity contribution in [1.82, 2.24) is 4.90 Å². The lowest BCUT2D eigenvalue weighted by Crippen LogP contribution is -2.26. The second-order valence-electron chi connectivity index (χ2n) is 7.33. The molecule has 0 aromatic heterocycles. The van der Waals surface area contributed by atoms with Crippen molar-refractivity contribution in [2.45, 2.75) is 46.6 Å². The summed E-state index contributed by atoms with van der Waals surface area (Å²) in [6, 6.07) is 8.35. The van der Waals surface area contributed by atoms with Crippen LogP contribution in [0.15, 0.2) is 24.3 Å². The van der Waals surface area contributed by atoms with E-state index in [1.54, 1.807) is 0 Å². The fourth-order valence-corrected chi connectivity index (χ4v) is 3.39. The summed E-state index contributed by atoms with van der Waals surface area (Å²) in [5.74, 6) is 0.838. The maximum absolute atomic E-state index is 5.72. The van der Waals surface area contributed by atoms with Crippen LogP contribution in [-0.4, -0.2) is 23.0 Å². The first-order chi connectivity index (χ1) is 9.86. The second kappa shape index (κ2) is 6.89. The van der Waals surface area contributed by atoms with E-state index in [0.29, 0.717) is 10.4 Å². The van der Waals surface area contributed by atoms with Gasteiger partial charge in [0, 0.05) is 12.1 Å². The van der Waals surface area contributed by atoms with Gasteiger partial charge in [-0.1, -0.05) is 51.2 Å². The number of nitrogens with two attached hydrogens (primary N) is 1. The van der Waals surface area contributed by atoms with Crippen LogP contribution in [0, 0.1) is 11.3 Å². The normalized spacial score (nSPS) is 21.0. The molecule has 1 aromatic rings. The minimum atomic E-state index is 0.432. The fraction of sp³-hybridized carbons (Fsp3) is 0.611. The van der Waals surface area contributed by atoms with Gasteiger partial charge in [0.2, 0.25) is 0 Å². The van der Waals surface area contributed by atoms with Crippen LogP contribution < -0.4 is 5.73 Å². The van der Waals surface area contributed by atoms with Crippen LogP contribution in [0.25, 0.3) is 0 Å². The molecule has 1 fully saturated rings. The zero-order chi connectivity index (χ0) is 15.5. The van der Waals surface area contributed by atoms with Crippen LogP contribution in [0.1, 0.15) is 51.2 Å². The molecule has 1 aromatic carbocycles. The van der Waals surface area contributed by atoms with Gasteiger partial charge in [-0.15, -0.1) is 0 Å². The van der Waals surface area contributed by atoms with Crippen molar-refractivity contribution in [3.05, 3.63) is 35.4 Å². The van der Waals surface area contributed by atoms with E-state index in [1.807, 2.05) is 6.07 Å². The SMILES string of the molecule is CC(C)(C)C1CCCN(Cc2cccc(C(N)=S)c2)CC1. The standard InChI is InChI=1S/C18H28N2S/c1-18(2,3)16-8-5-10-20(11-9-16)13-14-6-4-7-15(12-14)17(19)21/h4,6-7,12,16H,5,8-11,13H2,1-3H3,(H2,19,21).